The standard InChI is InChI=1S/C20H26N2O/c1-6-13-22(15-18-8-7-14-21(18)5)19(23)16-9-11-17(12-10-16)20(2,3)4/h6-12,14H,1,13,15H2,2-5H3. The molecule has 0 atom stereocenters. The van der Waals surface area contributed by atoms with E-state index >= 15 is 0 Å². The van der Waals surface area contributed by atoms with Crippen molar-refractivity contribution in [3.8, 4) is 0 Å². The van der Waals surface area contributed by atoms with E-state index in [1.54, 1.807) is 6.08 Å². The minimum Gasteiger partial charge on any atom is -0.353 e. The van der Waals surface area contributed by atoms with E-state index in [4.69, 9.17) is 0 Å². The molecule has 0 fully saturated rings. The number of hydrogen-bond donors (Lipinski definition) is 0. The summed E-state index contributed by atoms with van der Waals surface area (Å²) in [5.41, 5.74) is 3.14. The van der Waals surface area contributed by atoms with Crippen LogP contribution in [0.25, 0.3) is 0 Å². The minimum absolute atomic E-state index is 0.0339. The van der Waals surface area contributed by atoms with E-state index in [1.807, 2.05) is 59.1 Å². The van der Waals surface area contributed by atoms with Crippen molar-refractivity contribution in [2.45, 2.75) is 32.7 Å². The Morgan fingerprint density at radius 3 is 2.35 bits per heavy atom. The molecule has 3 heteroatoms. The van der Waals surface area contributed by atoms with Gasteiger partial charge in [0.15, 0.2) is 0 Å². The average molecular weight is 310 g/mol. The summed E-state index contributed by atoms with van der Waals surface area (Å²) in [4.78, 5) is 14.6. The van der Waals surface area contributed by atoms with Gasteiger partial charge in [-0.15, -0.1) is 6.58 Å². The molecule has 1 amide bonds. The molecule has 0 bridgehead atoms. The van der Waals surface area contributed by atoms with E-state index in [0.717, 1.165) is 5.69 Å². The second kappa shape index (κ2) is 6.86. The predicted molar refractivity (Wildman–Crippen MR) is 95.5 cm³/mol. The fraction of sp³-hybridized carbons (Fsp3) is 0.350. The van der Waals surface area contributed by atoms with E-state index in [1.165, 1.54) is 5.56 Å². The second-order valence-corrected chi connectivity index (χ2v) is 6.91. The van der Waals surface area contributed by atoms with Gasteiger partial charge < -0.3 is 9.47 Å². The molecule has 0 aliphatic carbocycles. The second-order valence-electron chi connectivity index (χ2n) is 6.91. The first-order valence-electron chi connectivity index (χ1n) is 7.94. The van der Waals surface area contributed by atoms with Crippen LogP contribution in [0.15, 0.2) is 55.3 Å². The average Bonchev–Trinajstić information content (AvgIpc) is 2.90. The van der Waals surface area contributed by atoms with Crippen LogP contribution >= 0.6 is 0 Å². The van der Waals surface area contributed by atoms with Crippen molar-refractivity contribution in [1.82, 2.24) is 9.47 Å². The monoisotopic (exact) mass is 310 g/mol. The molecule has 0 N–H and O–H groups in total. The van der Waals surface area contributed by atoms with Crippen molar-refractivity contribution in [1.29, 1.82) is 0 Å². The number of hydrogen-bond acceptors (Lipinski definition) is 1. The van der Waals surface area contributed by atoms with Crippen LogP contribution in [0.3, 0.4) is 0 Å². The quantitative estimate of drug-likeness (QED) is 0.762. The van der Waals surface area contributed by atoms with Crippen LogP contribution in [0, 0.1) is 0 Å². The molecule has 0 saturated heterocycles. The molecule has 0 spiro atoms. The van der Waals surface area contributed by atoms with Crippen molar-refractivity contribution in [2.24, 2.45) is 7.05 Å². The molecule has 1 aromatic heterocycles. The first-order valence-corrected chi connectivity index (χ1v) is 7.94. The highest BCUT2D eigenvalue weighted by Crippen LogP contribution is 2.22. The van der Waals surface area contributed by atoms with Crippen molar-refractivity contribution in [2.75, 3.05) is 6.54 Å². The van der Waals surface area contributed by atoms with Crippen LogP contribution in [0.5, 0.6) is 0 Å². The van der Waals surface area contributed by atoms with Crippen molar-refractivity contribution < 1.29 is 4.79 Å². The predicted octanol–water partition coefficient (Wildman–Crippen LogP) is 4.15. The van der Waals surface area contributed by atoms with E-state index in [2.05, 4.69) is 27.4 Å². The number of rotatable bonds is 5. The van der Waals surface area contributed by atoms with Crippen molar-refractivity contribution in [3.05, 3.63) is 72.1 Å². The lowest BCUT2D eigenvalue weighted by Gasteiger charge is -2.23. The molecule has 0 radical (unpaired) electrons. The molecule has 0 unspecified atom stereocenters. The molecule has 2 aromatic rings. The van der Waals surface area contributed by atoms with Gasteiger partial charge in [-0.05, 0) is 35.2 Å². The summed E-state index contributed by atoms with van der Waals surface area (Å²) >= 11 is 0. The number of aryl methyl sites for hydroxylation is 1. The Balaban J connectivity index is 2.20. The summed E-state index contributed by atoms with van der Waals surface area (Å²) in [7, 11) is 1.99. The van der Waals surface area contributed by atoms with Gasteiger partial charge in [-0.2, -0.15) is 0 Å². The zero-order valence-electron chi connectivity index (χ0n) is 14.5. The van der Waals surface area contributed by atoms with Crippen LogP contribution in [0.2, 0.25) is 0 Å². The molecule has 3 nitrogen and oxygen atoms in total. The van der Waals surface area contributed by atoms with Crippen molar-refractivity contribution in [3.63, 3.8) is 0 Å². The van der Waals surface area contributed by atoms with Gasteiger partial charge in [-0.25, -0.2) is 0 Å². The molecule has 2 rings (SSSR count). The van der Waals surface area contributed by atoms with Crippen LogP contribution in [-0.4, -0.2) is 21.9 Å². The van der Waals surface area contributed by atoms with Gasteiger partial charge in [0, 0.05) is 31.0 Å². The molecule has 1 aromatic carbocycles. The number of carbonyl (C=O) groups excluding carboxylic acids is 1. The highest BCUT2D eigenvalue weighted by molar-refractivity contribution is 5.94. The number of carbonyl (C=O) groups is 1. The van der Waals surface area contributed by atoms with Crippen LogP contribution in [0.4, 0.5) is 0 Å². The maximum atomic E-state index is 12.8. The Bertz CT molecular complexity index is 674. The van der Waals surface area contributed by atoms with Crippen LogP contribution < -0.4 is 0 Å². The number of nitrogens with zero attached hydrogens (tertiary/aromatic N) is 2. The van der Waals surface area contributed by atoms with E-state index in [-0.39, 0.29) is 11.3 Å². The molecular formula is C20H26N2O. The molecule has 0 aliphatic heterocycles. The van der Waals surface area contributed by atoms with Gasteiger partial charge in [0.05, 0.1) is 6.54 Å². The van der Waals surface area contributed by atoms with E-state index < -0.39 is 0 Å². The molecule has 122 valence electrons. The van der Waals surface area contributed by atoms with Gasteiger partial charge >= 0.3 is 0 Å². The highest BCUT2D eigenvalue weighted by atomic mass is 16.2. The minimum atomic E-state index is 0.0339. The summed E-state index contributed by atoms with van der Waals surface area (Å²) in [5.74, 6) is 0.0339. The van der Waals surface area contributed by atoms with E-state index in [0.29, 0.717) is 18.7 Å². The summed E-state index contributed by atoms with van der Waals surface area (Å²) in [6.45, 7) is 11.4. The van der Waals surface area contributed by atoms with Crippen LogP contribution in [0.1, 0.15) is 42.4 Å². The Morgan fingerprint density at radius 2 is 1.87 bits per heavy atom. The van der Waals surface area contributed by atoms with Gasteiger partial charge in [-0.1, -0.05) is 39.0 Å². The summed E-state index contributed by atoms with van der Waals surface area (Å²) < 4.78 is 2.03. The molecule has 23 heavy (non-hydrogen) atoms. The Labute approximate surface area is 139 Å². The third-order valence-electron chi connectivity index (χ3n) is 4.04. The maximum absolute atomic E-state index is 12.8. The zero-order chi connectivity index (χ0) is 17.0. The first kappa shape index (κ1) is 17.1. The summed E-state index contributed by atoms with van der Waals surface area (Å²) in [6, 6.07) is 12.0. The lowest BCUT2D eigenvalue weighted by molar-refractivity contribution is 0.0759. The van der Waals surface area contributed by atoms with Crippen LogP contribution in [-0.2, 0) is 19.0 Å². The third-order valence-corrected chi connectivity index (χ3v) is 4.04. The number of benzene rings is 1. The fourth-order valence-electron chi connectivity index (χ4n) is 2.53. The largest absolute Gasteiger partial charge is 0.353 e. The maximum Gasteiger partial charge on any atom is 0.254 e. The number of aromatic nitrogens is 1. The zero-order valence-corrected chi connectivity index (χ0v) is 14.5. The van der Waals surface area contributed by atoms with Gasteiger partial charge in [0.2, 0.25) is 0 Å². The lowest BCUT2D eigenvalue weighted by atomic mass is 9.86. The molecular weight excluding hydrogens is 284 g/mol. The third kappa shape index (κ3) is 4.13. The molecule has 0 aliphatic rings. The van der Waals surface area contributed by atoms with Gasteiger partial charge in [0.25, 0.3) is 5.91 Å². The fourth-order valence-corrected chi connectivity index (χ4v) is 2.53. The molecule has 0 saturated carbocycles. The highest BCUT2D eigenvalue weighted by Gasteiger charge is 2.18. The first-order chi connectivity index (χ1) is 10.8. The smallest absolute Gasteiger partial charge is 0.254 e. The molecule has 1 heterocycles. The lowest BCUT2D eigenvalue weighted by Crippen LogP contribution is -2.31. The van der Waals surface area contributed by atoms with Gasteiger partial charge in [0.1, 0.15) is 0 Å². The Kier molecular flexibility index (Phi) is 5.09. The topological polar surface area (TPSA) is 25.2 Å². The summed E-state index contributed by atoms with van der Waals surface area (Å²) in [5, 5.41) is 0. The Morgan fingerprint density at radius 1 is 1.22 bits per heavy atom. The number of amides is 1. The van der Waals surface area contributed by atoms with E-state index in [9.17, 15) is 4.79 Å². The van der Waals surface area contributed by atoms with Gasteiger partial charge in [-0.3, -0.25) is 4.79 Å². The van der Waals surface area contributed by atoms with Crippen molar-refractivity contribution >= 4 is 5.91 Å². The Hall–Kier alpha value is -2.29. The normalized spacial score (nSPS) is 11.3. The SMILES string of the molecule is C=CCN(Cc1cccn1C)C(=O)c1ccc(C(C)(C)C)cc1. The summed E-state index contributed by atoms with van der Waals surface area (Å²) in [6.07, 6.45) is 3.76.